The first-order valence-corrected chi connectivity index (χ1v) is 30.1. The fraction of sp³-hybridized carbons (Fsp3) is 0.902. The minimum atomic E-state index is -0.669. The number of aliphatic hydroxyl groups is 2. The van der Waals surface area contributed by atoms with E-state index in [1.807, 2.05) is 0 Å². The Morgan fingerprint density at radius 3 is 1.13 bits per heavy atom. The molecular weight excluding hydrogens is 827 g/mol. The Labute approximate surface area is 418 Å². The molecule has 6 heteroatoms. The second-order valence-electron chi connectivity index (χ2n) is 20.7. The van der Waals surface area contributed by atoms with E-state index in [0.717, 1.165) is 51.4 Å². The molecule has 0 fully saturated rings. The van der Waals surface area contributed by atoms with E-state index < -0.39 is 12.1 Å². The largest absolute Gasteiger partial charge is 0.466 e. The molecule has 0 saturated carbocycles. The second kappa shape index (κ2) is 56.9. The fourth-order valence-corrected chi connectivity index (χ4v) is 9.38. The van der Waals surface area contributed by atoms with Crippen LogP contribution in [-0.2, 0) is 14.3 Å². The number of hydrogen-bond acceptors (Lipinski definition) is 5. The summed E-state index contributed by atoms with van der Waals surface area (Å²) in [4.78, 5) is 24.5. The highest BCUT2D eigenvalue weighted by molar-refractivity contribution is 5.76. The lowest BCUT2D eigenvalue weighted by molar-refractivity contribution is -0.143. The first-order valence-electron chi connectivity index (χ1n) is 30.1. The molecule has 0 aliphatic heterocycles. The number of carbonyl (C=O) groups excluding carboxylic acids is 2. The van der Waals surface area contributed by atoms with Crippen LogP contribution in [0.15, 0.2) is 24.3 Å². The van der Waals surface area contributed by atoms with E-state index >= 15 is 0 Å². The highest BCUT2D eigenvalue weighted by atomic mass is 16.5. The van der Waals surface area contributed by atoms with Crippen LogP contribution in [-0.4, -0.2) is 47.4 Å². The second-order valence-corrected chi connectivity index (χ2v) is 20.7. The Hall–Kier alpha value is -1.66. The predicted molar refractivity (Wildman–Crippen MR) is 292 cm³/mol. The van der Waals surface area contributed by atoms with Crippen molar-refractivity contribution < 1.29 is 24.5 Å². The lowest BCUT2D eigenvalue weighted by atomic mass is 10.0. The third-order valence-electron chi connectivity index (χ3n) is 14.0. The van der Waals surface area contributed by atoms with Crippen LogP contribution in [0.5, 0.6) is 0 Å². The maximum absolute atomic E-state index is 12.4. The molecule has 0 radical (unpaired) electrons. The van der Waals surface area contributed by atoms with E-state index in [0.29, 0.717) is 25.9 Å². The van der Waals surface area contributed by atoms with Crippen LogP contribution in [0.2, 0.25) is 0 Å². The number of amides is 1. The third kappa shape index (κ3) is 53.5. The Balaban J connectivity index is 3.42. The highest BCUT2D eigenvalue weighted by Crippen LogP contribution is 2.17. The van der Waals surface area contributed by atoms with Gasteiger partial charge in [0.05, 0.1) is 25.4 Å². The molecule has 6 nitrogen and oxygen atoms in total. The zero-order valence-corrected chi connectivity index (χ0v) is 45.1. The van der Waals surface area contributed by atoms with Crippen LogP contribution < -0.4 is 5.32 Å². The number of hydrogen-bond donors (Lipinski definition) is 3. The zero-order chi connectivity index (χ0) is 48.6. The molecule has 0 aromatic rings. The molecule has 2 atom stereocenters. The Bertz CT molecular complexity index is 1040. The van der Waals surface area contributed by atoms with Crippen LogP contribution in [0.4, 0.5) is 0 Å². The molecule has 2 unspecified atom stereocenters. The molecule has 0 aromatic carbocycles. The molecule has 3 N–H and O–H groups in total. The summed E-state index contributed by atoms with van der Waals surface area (Å²) in [6.45, 7) is 4.95. The summed E-state index contributed by atoms with van der Waals surface area (Å²) in [6.07, 6.45) is 69.0. The molecule has 0 aromatic heterocycles. The summed E-state index contributed by atoms with van der Waals surface area (Å²) in [7, 11) is 0. The quantitative estimate of drug-likeness (QED) is 0.0321. The van der Waals surface area contributed by atoms with Crippen molar-refractivity contribution in [1.82, 2.24) is 5.32 Å². The molecule has 0 spiro atoms. The smallest absolute Gasteiger partial charge is 0.305 e. The number of unbranched alkanes of at least 4 members (excludes halogenated alkanes) is 41. The summed E-state index contributed by atoms with van der Waals surface area (Å²) in [5, 5.41) is 23.2. The first kappa shape index (κ1) is 65.3. The average molecular weight is 945 g/mol. The molecule has 0 bridgehead atoms. The van der Waals surface area contributed by atoms with Gasteiger partial charge in [0.25, 0.3) is 0 Å². The van der Waals surface area contributed by atoms with Crippen molar-refractivity contribution in [1.29, 1.82) is 0 Å². The van der Waals surface area contributed by atoms with Crippen LogP contribution in [0.25, 0.3) is 0 Å². The maximum atomic E-state index is 12.4. The van der Waals surface area contributed by atoms with Crippen LogP contribution in [0, 0.1) is 0 Å². The van der Waals surface area contributed by atoms with Gasteiger partial charge in [-0.3, -0.25) is 9.59 Å². The lowest BCUT2D eigenvalue weighted by Crippen LogP contribution is -2.45. The van der Waals surface area contributed by atoms with Gasteiger partial charge in [-0.1, -0.05) is 282 Å². The molecule has 67 heavy (non-hydrogen) atoms. The number of aliphatic hydroxyl groups excluding tert-OH is 2. The summed E-state index contributed by atoms with van der Waals surface area (Å²) in [5.41, 5.74) is 0. The van der Waals surface area contributed by atoms with Crippen LogP contribution in [0.1, 0.15) is 328 Å². The SMILES string of the molecule is CCCCCCCCCCCCCCCCCC(=O)OCCCCCCCCCCC/C=C\C/C=C\CCCCCCCCCC(=O)NC(CO)C(O)CCCCCCCCCCCCCC. The fourth-order valence-electron chi connectivity index (χ4n) is 9.38. The van der Waals surface area contributed by atoms with Gasteiger partial charge in [-0.25, -0.2) is 0 Å². The molecule has 1 amide bonds. The van der Waals surface area contributed by atoms with Crippen molar-refractivity contribution >= 4 is 11.9 Å². The van der Waals surface area contributed by atoms with Gasteiger partial charge in [0.15, 0.2) is 0 Å². The number of carbonyl (C=O) groups is 2. The minimum Gasteiger partial charge on any atom is -0.466 e. The summed E-state index contributed by atoms with van der Waals surface area (Å²) in [6, 6.07) is -0.548. The average Bonchev–Trinajstić information content (AvgIpc) is 3.33. The molecule has 396 valence electrons. The van der Waals surface area contributed by atoms with Crippen LogP contribution >= 0.6 is 0 Å². The maximum Gasteiger partial charge on any atom is 0.305 e. The van der Waals surface area contributed by atoms with Gasteiger partial charge in [0.1, 0.15) is 0 Å². The summed E-state index contributed by atoms with van der Waals surface area (Å²) >= 11 is 0. The molecule has 0 aliphatic rings. The summed E-state index contributed by atoms with van der Waals surface area (Å²) < 4.78 is 5.48. The van der Waals surface area contributed by atoms with Crippen molar-refractivity contribution in [3.05, 3.63) is 24.3 Å². The molecular formula is C61H117NO5. The van der Waals surface area contributed by atoms with Gasteiger partial charge in [-0.05, 0) is 57.8 Å². The van der Waals surface area contributed by atoms with E-state index in [1.54, 1.807) is 0 Å². The zero-order valence-electron chi connectivity index (χ0n) is 45.1. The van der Waals surface area contributed by atoms with E-state index in [9.17, 15) is 19.8 Å². The Morgan fingerprint density at radius 2 is 0.746 bits per heavy atom. The number of nitrogens with one attached hydrogen (secondary N) is 1. The standard InChI is InChI=1S/C61H117NO5/c1-3-5-7-9-11-13-15-17-27-31-35-39-43-47-51-55-61(66)67-56-52-48-44-40-36-32-29-26-24-22-20-18-19-21-23-25-28-30-34-38-42-46-50-54-60(65)62-58(57-63)59(64)53-49-45-41-37-33-16-14-12-10-8-6-4-2/h18,20-21,23,58-59,63-64H,3-17,19,22,24-57H2,1-2H3,(H,62,65)/b20-18-,23-21-. The number of allylic oxidation sites excluding steroid dienone is 4. The van der Waals surface area contributed by atoms with Gasteiger partial charge < -0.3 is 20.3 Å². The van der Waals surface area contributed by atoms with Gasteiger partial charge in [0.2, 0.25) is 5.91 Å². The summed E-state index contributed by atoms with van der Waals surface area (Å²) in [5.74, 6) is -0.0350. The molecule has 0 heterocycles. The van der Waals surface area contributed by atoms with Gasteiger partial charge in [-0.15, -0.1) is 0 Å². The third-order valence-corrected chi connectivity index (χ3v) is 14.0. The van der Waals surface area contributed by atoms with Gasteiger partial charge >= 0.3 is 5.97 Å². The molecule has 0 rings (SSSR count). The number of rotatable bonds is 56. The lowest BCUT2D eigenvalue weighted by Gasteiger charge is -2.22. The number of ether oxygens (including phenoxy) is 1. The van der Waals surface area contributed by atoms with Crippen molar-refractivity contribution in [2.75, 3.05) is 13.2 Å². The van der Waals surface area contributed by atoms with Crippen molar-refractivity contribution in [2.24, 2.45) is 0 Å². The Kier molecular flexibility index (Phi) is 55.5. The Morgan fingerprint density at radius 1 is 0.418 bits per heavy atom. The van der Waals surface area contributed by atoms with E-state index in [2.05, 4.69) is 43.5 Å². The molecule has 0 aliphatic carbocycles. The van der Waals surface area contributed by atoms with E-state index in [1.165, 1.54) is 244 Å². The monoisotopic (exact) mass is 944 g/mol. The van der Waals surface area contributed by atoms with Crippen molar-refractivity contribution in [3.63, 3.8) is 0 Å². The van der Waals surface area contributed by atoms with Crippen LogP contribution in [0.3, 0.4) is 0 Å². The minimum absolute atomic E-state index is 0.0101. The number of esters is 1. The first-order chi connectivity index (χ1) is 33.0. The highest BCUT2D eigenvalue weighted by Gasteiger charge is 2.20. The van der Waals surface area contributed by atoms with Gasteiger partial charge in [0, 0.05) is 12.8 Å². The van der Waals surface area contributed by atoms with Gasteiger partial charge in [-0.2, -0.15) is 0 Å². The topological polar surface area (TPSA) is 95.9 Å². The van der Waals surface area contributed by atoms with Crippen molar-refractivity contribution in [3.8, 4) is 0 Å². The van der Waals surface area contributed by atoms with Crippen molar-refractivity contribution in [2.45, 2.75) is 341 Å². The van der Waals surface area contributed by atoms with E-state index in [-0.39, 0.29) is 18.5 Å². The predicted octanol–water partition coefficient (Wildman–Crippen LogP) is 18.6. The normalized spacial score (nSPS) is 12.7. The van der Waals surface area contributed by atoms with E-state index in [4.69, 9.17) is 4.74 Å². The molecule has 0 saturated heterocycles.